The van der Waals surface area contributed by atoms with Crippen molar-refractivity contribution in [3.8, 4) is 0 Å². The van der Waals surface area contributed by atoms with E-state index in [2.05, 4.69) is 10.6 Å². The molecule has 0 radical (unpaired) electrons. The van der Waals surface area contributed by atoms with Crippen LogP contribution in [-0.2, 0) is 4.79 Å². The maximum Gasteiger partial charge on any atom is 0.261 e. The van der Waals surface area contributed by atoms with Crippen molar-refractivity contribution in [1.82, 2.24) is 10.6 Å². The second-order valence-electron chi connectivity index (χ2n) is 4.92. The van der Waals surface area contributed by atoms with E-state index in [0.29, 0.717) is 17.8 Å². The van der Waals surface area contributed by atoms with Crippen LogP contribution in [-0.4, -0.2) is 35.6 Å². The lowest BCUT2D eigenvalue weighted by atomic mass is 9.95. The van der Waals surface area contributed by atoms with Crippen LogP contribution in [0.15, 0.2) is 17.5 Å². The second kappa shape index (κ2) is 8.01. The number of aliphatic hydroxyl groups is 1. The van der Waals surface area contributed by atoms with Crippen LogP contribution >= 0.6 is 11.3 Å². The van der Waals surface area contributed by atoms with E-state index < -0.39 is 0 Å². The highest BCUT2D eigenvalue weighted by atomic mass is 32.1. The van der Waals surface area contributed by atoms with E-state index in [0.717, 1.165) is 6.42 Å². The number of aliphatic hydroxyl groups excluding tert-OH is 1. The van der Waals surface area contributed by atoms with Gasteiger partial charge >= 0.3 is 0 Å². The number of carbonyl (C=O) groups is 2. The number of carbonyl (C=O) groups excluding carboxylic acids is 2. The van der Waals surface area contributed by atoms with E-state index in [1.807, 2.05) is 25.3 Å². The third-order valence-electron chi connectivity index (χ3n) is 3.27. The highest BCUT2D eigenvalue weighted by Gasteiger charge is 2.23. The predicted molar refractivity (Wildman–Crippen MR) is 79.8 cm³/mol. The quantitative estimate of drug-likeness (QED) is 0.681. The van der Waals surface area contributed by atoms with Gasteiger partial charge in [-0.05, 0) is 31.2 Å². The summed E-state index contributed by atoms with van der Waals surface area (Å²) in [4.78, 5) is 24.1. The molecule has 5 nitrogen and oxygen atoms in total. The van der Waals surface area contributed by atoms with Gasteiger partial charge in [0.05, 0.1) is 4.88 Å². The predicted octanol–water partition coefficient (Wildman–Crippen LogP) is 1.54. The SMILES string of the molecule is CCC(C)(CCO)NC(=O)CCNC(=O)c1cccs1. The van der Waals surface area contributed by atoms with Crippen molar-refractivity contribution in [3.05, 3.63) is 22.4 Å². The Labute approximate surface area is 123 Å². The van der Waals surface area contributed by atoms with Gasteiger partial charge in [-0.1, -0.05) is 13.0 Å². The Morgan fingerprint density at radius 3 is 2.75 bits per heavy atom. The molecule has 0 saturated carbocycles. The van der Waals surface area contributed by atoms with E-state index in [-0.39, 0.29) is 30.4 Å². The average molecular weight is 298 g/mol. The molecule has 0 fully saturated rings. The van der Waals surface area contributed by atoms with Crippen molar-refractivity contribution in [2.75, 3.05) is 13.2 Å². The summed E-state index contributed by atoms with van der Waals surface area (Å²) in [6.07, 6.45) is 1.51. The minimum absolute atomic E-state index is 0.0414. The number of amides is 2. The van der Waals surface area contributed by atoms with Gasteiger partial charge in [-0.25, -0.2) is 0 Å². The first-order valence-electron chi connectivity index (χ1n) is 6.74. The van der Waals surface area contributed by atoms with Crippen molar-refractivity contribution >= 4 is 23.2 Å². The molecular weight excluding hydrogens is 276 g/mol. The summed E-state index contributed by atoms with van der Waals surface area (Å²) < 4.78 is 0. The first-order chi connectivity index (χ1) is 9.50. The molecule has 1 heterocycles. The summed E-state index contributed by atoms with van der Waals surface area (Å²) in [5.41, 5.74) is -0.385. The number of thiophene rings is 1. The van der Waals surface area contributed by atoms with Crippen molar-refractivity contribution in [2.45, 2.75) is 38.6 Å². The Kier molecular flexibility index (Phi) is 6.67. The molecule has 0 bridgehead atoms. The van der Waals surface area contributed by atoms with Crippen LogP contribution in [0.4, 0.5) is 0 Å². The zero-order valence-corrected chi connectivity index (χ0v) is 12.8. The van der Waals surface area contributed by atoms with Crippen LogP contribution in [0.5, 0.6) is 0 Å². The van der Waals surface area contributed by atoms with Crippen LogP contribution in [0.25, 0.3) is 0 Å². The maximum absolute atomic E-state index is 11.8. The zero-order valence-electron chi connectivity index (χ0n) is 11.9. The number of rotatable bonds is 8. The van der Waals surface area contributed by atoms with E-state index in [4.69, 9.17) is 5.11 Å². The van der Waals surface area contributed by atoms with Gasteiger partial charge < -0.3 is 15.7 Å². The zero-order chi connectivity index (χ0) is 15.0. The summed E-state index contributed by atoms with van der Waals surface area (Å²) in [7, 11) is 0. The van der Waals surface area contributed by atoms with Gasteiger partial charge in [0, 0.05) is 25.1 Å². The minimum atomic E-state index is -0.385. The van der Waals surface area contributed by atoms with Gasteiger partial charge in [0.25, 0.3) is 5.91 Å². The van der Waals surface area contributed by atoms with Crippen LogP contribution in [0, 0.1) is 0 Å². The van der Waals surface area contributed by atoms with Crippen molar-refractivity contribution in [1.29, 1.82) is 0 Å². The fourth-order valence-corrected chi connectivity index (χ4v) is 2.40. The summed E-state index contributed by atoms with van der Waals surface area (Å²) >= 11 is 1.37. The molecule has 2 amide bonds. The number of hydrogen-bond donors (Lipinski definition) is 3. The molecule has 0 aliphatic heterocycles. The Bertz CT molecular complexity index is 434. The van der Waals surface area contributed by atoms with Crippen molar-refractivity contribution < 1.29 is 14.7 Å². The molecule has 20 heavy (non-hydrogen) atoms. The first kappa shape index (κ1) is 16.7. The van der Waals surface area contributed by atoms with Gasteiger partial charge in [-0.15, -0.1) is 11.3 Å². The van der Waals surface area contributed by atoms with Gasteiger partial charge in [0.2, 0.25) is 5.91 Å². The van der Waals surface area contributed by atoms with Gasteiger partial charge in [-0.3, -0.25) is 9.59 Å². The first-order valence-corrected chi connectivity index (χ1v) is 7.62. The molecule has 1 unspecified atom stereocenters. The molecular formula is C14H22N2O3S. The fraction of sp³-hybridized carbons (Fsp3) is 0.571. The molecule has 1 rings (SSSR count). The van der Waals surface area contributed by atoms with Crippen LogP contribution < -0.4 is 10.6 Å². The molecule has 0 spiro atoms. The lowest BCUT2D eigenvalue weighted by Crippen LogP contribution is -2.46. The molecule has 0 saturated heterocycles. The Morgan fingerprint density at radius 1 is 1.45 bits per heavy atom. The summed E-state index contributed by atoms with van der Waals surface area (Å²) in [6, 6.07) is 3.56. The molecule has 1 atom stereocenters. The highest BCUT2D eigenvalue weighted by Crippen LogP contribution is 2.13. The molecule has 3 N–H and O–H groups in total. The molecule has 0 aliphatic rings. The smallest absolute Gasteiger partial charge is 0.261 e. The molecule has 0 aliphatic carbocycles. The third-order valence-corrected chi connectivity index (χ3v) is 4.14. The van der Waals surface area contributed by atoms with Crippen molar-refractivity contribution in [3.63, 3.8) is 0 Å². The standard InChI is InChI=1S/C14H22N2O3S/c1-3-14(2,7-9-17)16-12(18)6-8-15-13(19)11-5-4-10-20-11/h4-5,10,17H,3,6-9H2,1-2H3,(H,15,19)(H,16,18). The maximum atomic E-state index is 11.8. The van der Waals surface area contributed by atoms with E-state index >= 15 is 0 Å². The van der Waals surface area contributed by atoms with Crippen LogP contribution in [0.3, 0.4) is 0 Å². The highest BCUT2D eigenvalue weighted by molar-refractivity contribution is 7.12. The lowest BCUT2D eigenvalue weighted by Gasteiger charge is -2.29. The number of hydrogen-bond acceptors (Lipinski definition) is 4. The van der Waals surface area contributed by atoms with E-state index in [1.54, 1.807) is 6.07 Å². The molecule has 112 valence electrons. The van der Waals surface area contributed by atoms with Gasteiger partial charge in [-0.2, -0.15) is 0 Å². The van der Waals surface area contributed by atoms with Gasteiger partial charge in [0.15, 0.2) is 0 Å². The molecule has 6 heteroatoms. The van der Waals surface area contributed by atoms with E-state index in [9.17, 15) is 9.59 Å². The average Bonchev–Trinajstić information content (AvgIpc) is 2.92. The Balaban J connectivity index is 2.31. The summed E-state index contributed by atoms with van der Waals surface area (Å²) in [5, 5.41) is 16.4. The van der Waals surface area contributed by atoms with Crippen LogP contribution in [0.2, 0.25) is 0 Å². The monoisotopic (exact) mass is 298 g/mol. The topological polar surface area (TPSA) is 78.4 Å². The lowest BCUT2D eigenvalue weighted by molar-refractivity contribution is -0.122. The number of nitrogens with one attached hydrogen (secondary N) is 2. The molecule has 1 aromatic heterocycles. The fourth-order valence-electron chi connectivity index (χ4n) is 1.76. The summed E-state index contributed by atoms with van der Waals surface area (Å²) in [6.45, 7) is 4.22. The van der Waals surface area contributed by atoms with Crippen LogP contribution in [0.1, 0.15) is 42.8 Å². The minimum Gasteiger partial charge on any atom is -0.396 e. The van der Waals surface area contributed by atoms with Gasteiger partial charge in [0.1, 0.15) is 0 Å². The normalized spacial score (nSPS) is 13.6. The summed E-state index contributed by atoms with van der Waals surface area (Å²) in [5.74, 6) is -0.268. The van der Waals surface area contributed by atoms with Crippen molar-refractivity contribution in [2.24, 2.45) is 0 Å². The third kappa shape index (κ3) is 5.30. The Hall–Kier alpha value is -1.40. The molecule has 1 aromatic rings. The van der Waals surface area contributed by atoms with E-state index in [1.165, 1.54) is 11.3 Å². The second-order valence-corrected chi connectivity index (χ2v) is 5.87. The largest absolute Gasteiger partial charge is 0.396 e. The Morgan fingerprint density at radius 2 is 2.20 bits per heavy atom. The molecule has 0 aromatic carbocycles.